The van der Waals surface area contributed by atoms with Gasteiger partial charge in [0.05, 0.1) is 0 Å². The first-order valence-corrected chi connectivity index (χ1v) is 7.46. The van der Waals surface area contributed by atoms with Crippen molar-refractivity contribution in [2.24, 2.45) is 0 Å². The van der Waals surface area contributed by atoms with E-state index in [9.17, 15) is 9.18 Å². The number of rotatable bonds is 4. The van der Waals surface area contributed by atoms with Gasteiger partial charge in [-0.3, -0.25) is 10.1 Å². The van der Waals surface area contributed by atoms with Gasteiger partial charge in [0.25, 0.3) is 0 Å². The van der Waals surface area contributed by atoms with Gasteiger partial charge in [-0.2, -0.15) is 0 Å². The highest BCUT2D eigenvalue weighted by molar-refractivity contribution is 9.10. The molecule has 1 aromatic carbocycles. The molecule has 0 spiro atoms. The summed E-state index contributed by atoms with van der Waals surface area (Å²) in [6.45, 7) is 1.96. The van der Waals surface area contributed by atoms with E-state index in [0.717, 1.165) is 15.9 Å². The standard InChI is InChI=1S/C13H11BrFN3OS/c1-2-12-17-18-13(20-12)16-11(19)6-3-8-7-9(14)4-5-10(8)15/h3-7H,2H2,1H3,(H,16,18,19)/b6-3+. The van der Waals surface area contributed by atoms with Gasteiger partial charge in [0.15, 0.2) is 0 Å². The SMILES string of the molecule is CCc1nnc(NC(=O)/C=C/c2cc(Br)ccc2F)s1. The van der Waals surface area contributed by atoms with E-state index >= 15 is 0 Å². The van der Waals surface area contributed by atoms with E-state index in [2.05, 4.69) is 31.4 Å². The van der Waals surface area contributed by atoms with Gasteiger partial charge >= 0.3 is 0 Å². The number of amides is 1. The van der Waals surface area contributed by atoms with Crippen molar-refractivity contribution in [1.29, 1.82) is 0 Å². The van der Waals surface area contributed by atoms with Crippen LogP contribution < -0.4 is 5.32 Å². The van der Waals surface area contributed by atoms with Gasteiger partial charge in [0.1, 0.15) is 10.8 Å². The Hall–Kier alpha value is -1.60. The van der Waals surface area contributed by atoms with E-state index in [0.29, 0.717) is 10.7 Å². The van der Waals surface area contributed by atoms with Gasteiger partial charge in [-0.05, 0) is 30.7 Å². The van der Waals surface area contributed by atoms with Crippen LogP contribution in [0, 0.1) is 5.82 Å². The molecule has 0 aliphatic carbocycles. The third-order valence-electron chi connectivity index (χ3n) is 2.37. The Morgan fingerprint density at radius 1 is 1.50 bits per heavy atom. The molecule has 4 nitrogen and oxygen atoms in total. The average Bonchev–Trinajstić information content (AvgIpc) is 2.87. The smallest absolute Gasteiger partial charge is 0.250 e. The van der Waals surface area contributed by atoms with Crippen LogP contribution in [-0.4, -0.2) is 16.1 Å². The number of nitrogens with one attached hydrogen (secondary N) is 1. The highest BCUT2D eigenvalue weighted by atomic mass is 79.9. The minimum atomic E-state index is -0.388. The molecule has 0 fully saturated rings. The highest BCUT2D eigenvalue weighted by Gasteiger charge is 2.05. The molecule has 1 aromatic heterocycles. The van der Waals surface area contributed by atoms with Gasteiger partial charge in [0, 0.05) is 16.1 Å². The molecule has 0 radical (unpaired) electrons. The summed E-state index contributed by atoms with van der Waals surface area (Å²) in [7, 11) is 0. The molecule has 2 aromatic rings. The van der Waals surface area contributed by atoms with E-state index in [1.54, 1.807) is 12.1 Å². The zero-order valence-corrected chi connectivity index (χ0v) is 13.0. The van der Waals surface area contributed by atoms with Crippen molar-refractivity contribution in [3.05, 3.63) is 45.1 Å². The summed E-state index contributed by atoms with van der Waals surface area (Å²) in [6.07, 6.45) is 3.45. The fourth-order valence-electron chi connectivity index (χ4n) is 1.40. The summed E-state index contributed by atoms with van der Waals surface area (Å²) in [4.78, 5) is 11.7. The Kier molecular flexibility index (Phi) is 4.97. The number of hydrogen-bond acceptors (Lipinski definition) is 4. The zero-order valence-electron chi connectivity index (χ0n) is 10.6. The molecule has 0 aliphatic rings. The van der Waals surface area contributed by atoms with Crippen LogP contribution in [0.1, 0.15) is 17.5 Å². The molecule has 0 unspecified atom stereocenters. The lowest BCUT2D eigenvalue weighted by Gasteiger charge is -1.98. The van der Waals surface area contributed by atoms with Crippen molar-refractivity contribution in [3.8, 4) is 0 Å². The highest BCUT2D eigenvalue weighted by Crippen LogP contribution is 2.17. The Bertz CT molecular complexity index is 657. The van der Waals surface area contributed by atoms with Crippen molar-refractivity contribution in [1.82, 2.24) is 10.2 Å². The Morgan fingerprint density at radius 2 is 2.30 bits per heavy atom. The van der Waals surface area contributed by atoms with Gasteiger partial charge < -0.3 is 0 Å². The maximum absolute atomic E-state index is 13.5. The van der Waals surface area contributed by atoms with E-state index < -0.39 is 0 Å². The number of carbonyl (C=O) groups excluding carboxylic acids is 1. The predicted octanol–water partition coefficient (Wildman–Crippen LogP) is 3.65. The number of carbonyl (C=O) groups is 1. The summed E-state index contributed by atoms with van der Waals surface area (Å²) in [5, 5.41) is 11.6. The molecule has 7 heteroatoms. The summed E-state index contributed by atoms with van der Waals surface area (Å²) in [5.41, 5.74) is 0.334. The van der Waals surface area contributed by atoms with Crippen molar-refractivity contribution in [2.45, 2.75) is 13.3 Å². The number of aromatic nitrogens is 2. The lowest BCUT2D eigenvalue weighted by atomic mass is 10.2. The Morgan fingerprint density at radius 3 is 3.00 bits per heavy atom. The largest absolute Gasteiger partial charge is 0.297 e. The molecule has 0 bridgehead atoms. The maximum atomic E-state index is 13.5. The van der Waals surface area contributed by atoms with Crippen LogP contribution in [0.15, 0.2) is 28.7 Å². The third-order valence-corrected chi connectivity index (χ3v) is 3.85. The molecule has 20 heavy (non-hydrogen) atoms. The van der Waals surface area contributed by atoms with Crippen molar-refractivity contribution in [3.63, 3.8) is 0 Å². The van der Waals surface area contributed by atoms with Gasteiger partial charge in [-0.25, -0.2) is 4.39 Å². The second-order valence-electron chi connectivity index (χ2n) is 3.84. The molecule has 0 saturated carbocycles. The zero-order chi connectivity index (χ0) is 14.5. The van der Waals surface area contributed by atoms with Gasteiger partial charge in [-0.1, -0.05) is 34.2 Å². The normalized spacial score (nSPS) is 10.9. The van der Waals surface area contributed by atoms with E-state index in [-0.39, 0.29) is 11.7 Å². The molecular formula is C13H11BrFN3OS. The van der Waals surface area contributed by atoms with E-state index in [4.69, 9.17) is 0 Å². The summed E-state index contributed by atoms with van der Waals surface area (Å²) >= 11 is 4.57. The van der Waals surface area contributed by atoms with E-state index in [1.807, 2.05) is 6.92 Å². The van der Waals surface area contributed by atoms with Crippen LogP contribution >= 0.6 is 27.3 Å². The van der Waals surface area contributed by atoms with Crippen LogP contribution in [0.25, 0.3) is 6.08 Å². The van der Waals surface area contributed by atoms with Crippen LogP contribution in [0.2, 0.25) is 0 Å². The summed E-state index contributed by atoms with van der Waals surface area (Å²) in [6, 6.07) is 4.53. The van der Waals surface area contributed by atoms with Gasteiger partial charge in [-0.15, -0.1) is 10.2 Å². The minimum absolute atomic E-state index is 0.334. The van der Waals surface area contributed by atoms with Crippen molar-refractivity contribution in [2.75, 3.05) is 5.32 Å². The topological polar surface area (TPSA) is 54.9 Å². The number of aryl methyl sites for hydroxylation is 1. The second-order valence-corrected chi connectivity index (χ2v) is 5.82. The lowest BCUT2D eigenvalue weighted by molar-refractivity contribution is -0.111. The van der Waals surface area contributed by atoms with E-state index in [1.165, 1.54) is 29.6 Å². The first kappa shape index (κ1) is 14.8. The van der Waals surface area contributed by atoms with Crippen LogP contribution in [-0.2, 0) is 11.2 Å². The minimum Gasteiger partial charge on any atom is -0.297 e. The molecule has 1 heterocycles. The second kappa shape index (κ2) is 6.71. The number of anilines is 1. The monoisotopic (exact) mass is 355 g/mol. The number of nitrogens with zero attached hydrogens (tertiary/aromatic N) is 2. The third kappa shape index (κ3) is 3.94. The molecule has 1 amide bonds. The van der Waals surface area contributed by atoms with Gasteiger partial charge in [0.2, 0.25) is 11.0 Å². The van der Waals surface area contributed by atoms with Crippen molar-refractivity contribution >= 4 is 44.4 Å². The molecule has 2 rings (SSSR count). The Balaban J connectivity index is 2.03. The Labute approximate surface area is 127 Å². The predicted molar refractivity (Wildman–Crippen MR) is 81.1 cm³/mol. The number of benzene rings is 1. The van der Waals surface area contributed by atoms with Crippen LogP contribution in [0.3, 0.4) is 0 Å². The molecule has 0 aliphatic heterocycles. The molecule has 1 N–H and O–H groups in total. The van der Waals surface area contributed by atoms with Crippen molar-refractivity contribution < 1.29 is 9.18 Å². The lowest BCUT2D eigenvalue weighted by Crippen LogP contribution is -2.07. The maximum Gasteiger partial charge on any atom is 0.250 e. The average molecular weight is 356 g/mol. The fraction of sp³-hybridized carbons (Fsp3) is 0.154. The quantitative estimate of drug-likeness (QED) is 0.851. The molecular weight excluding hydrogens is 345 g/mol. The fourth-order valence-corrected chi connectivity index (χ4v) is 2.46. The summed E-state index contributed by atoms with van der Waals surface area (Å²) in [5.74, 6) is -0.760. The number of halogens is 2. The summed E-state index contributed by atoms with van der Waals surface area (Å²) < 4.78 is 14.2. The van der Waals surface area contributed by atoms with Crippen LogP contribution in [0.4, 0.5) is 9.52 Å². The molecule has 0 atom stereocenters. The van der Waals surface area contributed by atoms with Crippen LogP contribution in [0.5, 0.6) is 0 Å². The number of hydrogen-bond donors (Lipinski definition) is 1. The molecule has 104 valence electrons. The first-order chi connectivity index (χ1) is 9.58. The molecule has 0 saturated heterocycles. The first-order valence-electron chi connectivity index (χ1n) is 5.85.